The van der Waals surface area contributed by atoms with Gasteiger partial charge in [0.15, 0.2) is 0 Å². The van der Waals surface area contributed by atoms with Crippen molar-refractivity contribution in [3.05, 3.63) is 54.1 Å². The van der Waals surface area contributed by atoms with E-state index in [1.165, 1.54) is 12.5 Å². The van der Waals surface area contributed by atoms with Gasteiger partial charge >= 0.3 is 0 Å². The average molecular weight is 367 g/mol. The fraction of sp³-hybridized carbons (Fsp3) is 0.333. The molecular formula is C21H25N3O3. The number of anilines is 2. The molecule has 1 saturated heterocycles. The van der Waals surface area contributed by atoms with Crippen LogP contribution in [0.15, 0.2) is 48.5 Å². The van der Waals surface area contributed by atoms with Crippen LogP contribution in [0.2, 0.25) is 0 Å². The molecule has 27 heavy (non-hydrogen) atoms. The summed E-state index contributed by atoms with van der Waals surface area (Å²) in [5.74, 6) is 0.753. The molecule has 1 fully saturated rings. The van der Waals surface area contributed by atoms with Gasteiger partial charge < -0.3 is 15.0 Å². The SMILES string of the molecule is COc1cccc([C@H]2CCN2CC(=O)Nc2ccc(N(C)C(C)=O)cc2)c1. The molecule has 142 valence electrons. The van der Waals surface area contributed by atoms with Gasteiger partial charge in [-0.1, -0.05) is 12.1 Å². The van der Waals surface area contributed by atoms with E-state index in [1.54, 1.807) is 19.1 Å². The van der Waals surface area contributed by atoms with E-state index in [9.17, 15) is 9.59 Å². The lowest BCUT2D eigenvalue weighted by molar-refractivity contribution is -0.119. The Morgan fingerprint density at radius 3 is 2.56 bits per heavy atom. The van der Waals surface area contributed by atoms with Crippen LogP contribution in [-0.2, 0) is 9.59 Å². The maximum Gasteiger partial charge on any atom is 0.238 e. The van der Waals surface area contributed by atoms with E-state index in [0.717, 1.165) is 30.1 Å². The van der Waals surface area contributed by atoms with Crippen molar-refractivity contribution < 1.29 is 14.3 Å². The summed E-state index contributed by atoms with van der Waals surface area (Å²) in [6, 6.07) is 15.5. The van der Waals surface area contributed by atoms with Gasteiger partial charge in [-0.15, -0.1) is 0 Å². The van der Waals surface area contributed by atoms with E-state index in [2.05, 4.69) is 16.3 Å². The molecule has 1 heterocycles. The molecule has 2 amide bonds. The van der Waals surface area contributed by atoms with E-state index in [4.69, 9.17) is 4.74 Å². The highest BCUT2D eigenvalue weighted by atomic mass is 16.5. The van der Waals surface area contributed by atoms with Gasteiger partial charge in [0, 0.05) is 37.9 Å². The summed E-state index contributed by atoms with van der Waals surface area (Å²) in [7, 11) is 3.38. The molecule has 1 N–H and O–H groups in total. The van der Waals surface area contributed by atoms with Crippen molar-refractivity contribution in [2.24, 2.45) is 0 Å². The number of carbonyl (C=O) groups excluding carboxylic acids is 2. The van der Waals surface area contributed by atoms with Crippen molar-refractivity contribution >= 4 is 23.2 Å². The van der Waals surface area contributed by atoms with Crippen molar-refractivity contribution in [3.63, 3.8) is 0 Å². The van der Waals surface area contributed by atoms with Gasteiger partial charge in [0.05, 0.1) is 13.7 Å². The number of hydrogen-bond acceptors (Lipinski definition) is 4. The van der Waals surface area contributed by atoms with Gasteiger partial charge in [0.1, 0.15) is 5.75 Å². The van der Waals surface area contributed by atoms with E-state index in [-0.39, 0.29) is 17.9 Å². The number of nitrogens with zero attached hydrogens (tertiary/aromatic N) is 2. The second-order valence-electron chi connectivity index (χ2n) is 6.72. The Morgan fingerprint density at radius 1 is 1.22 bits per heavy atom. The number of carbonyl (C=O) groups is 2. The number of rotatable bonds is 6. The zero-order valence-electron chi connectivity index (χ0n) is 15.9. The molecule has 2 aromatic carbocycles. The number of amides is 2. The topological polar surface area (TPSA) is 61.9 Å². The minimum atomic E-state index is -0.0460. The van der Waals surface area contributed by atoms with Crippen molar-refractivity contribution in [1.29, 1.82) is 0 Å². The van der Waals surface area contributed by atoms with Crippen molar-refractivity contribution in [3.8, 4) is 5.75 Å². The molecule has 1 aliphatic heterocycles. The van der Waals surface area contributed by atoms with E-state index in [0.29, 0.717) is 6.54 Å². The van der Waals surface area contributed by atoms with E-state index < -0.39 is 0 Å². The lowest BCUT2D eigenvalue weighted by atomic mass is 9.94. The quantitative estimate of drug-likeness (QED) is 0.852. The lowest BCUT2D eigenvalue weighted by Crippen LogP contribution is -2.45. The van der Waals surface area contributed by atoms with Crippen molar-refractivity contribution in [1.82, 2.24) is 4.90 Å². The van der Waals surface area contributed by atoms with Crippen LogP contribution in [0.5, 0.6) is 5.75 Å². The fourth-order valence-electron chi connectivity index (χ4n) is 3.19. The molecule has 6 heteroatoms. The second kappa shape index (κ2) is 8.22. The molecule has 0 bridgehead atoms. The Hall–Kier alpha value is -2.86. The third kappa shape index (κ3) is 4.46. The molecular weight excluding hydrogens is 342 g/mol. The van der Waals surface area contributed by atoms with Crippen LogP contribution in [0.3, 0.4) is 0 Å². The van der Waals surface area contributed by atoms with Gasteiger partial charge in [0.2, 0.25) is 11.8 Å². The zero-order valence-corrected chi connectivity index (χ0v) is 15.9. The number of likely N-dealkylation sites (tertiary alicyclic amines) is 1. The van der Waals surface area contributed by atoms with E-state index >= 15 is 0 Å². The Morgan fingerprint density at radius 2 is 1.96 bits per heavy atom. The van der Waals surface area contributed by atoms with Gasteiger partial charge in [-0.3, -0.25) is 14.5 Å². The van der Waals surface area contributed by atoms with Crippen LogP contribution in [0.1, 0.15) is 24.9 Å². The normalized spacial score (nSPS) is 16.3. The van der Waals surface area contributed by atoms with Gasteiger partial charge in [-0.2, -0.15) is 0 Å². The summed E-state index contributed by atoms with van der Waals surface area (Å²) < 4.78 is 5.29. The molecule has 3 rings (SSSR count). The van der Waals surface area contributed by atoms with Crippen LogP contribution < -0.4 is 15.0 Å². The molecule has 0 aromatic heterocycles. The highest BCUT2D eigenvalue weighted by molar-refractivity contribution is 5.94. The summed E-state index contributed by atoms with van der Waals surface area (Å²) >= 11 is 0. The number of hydrogen-bond donors (Lipinski definition) is 1. The monoisotopic (exact) mass is 367 g/mol. The summed E-state index contributed by atoms with van der Waals surface area (Å²) in [5, 5.41) is 2.92. The largest absolute Gasteiger partial charge is 0.497 e. The Balaban J connectivity index is 1.57. The molecule has 2 aromatic rings. The third-order valence-electron chi connectivity index (χ3n) is 4.97. The fourth-order valence-corrected chi connectivity index (χ4v) is 3.19. The summed E-state index contributed by atoms with van der Waals surface area (Å²) in [6.07, 6.45) is 1.03. The summed E-state index contributed by atoms with van der Waals surface area (Å²) in [6.45, 7) is 2.76. The first-order valence-electron chi connectivity index (χ1n) is 9.00. The van der Waals surface area contributed by atoms with Crippen LogP contribution >= 0.6 is 0 Å². The van der Waals surface area contributed by atoms with E-state index in [1.807, 2.05) is 42.5 Å². The minimum absolute atomic E-state index is 0.0341. The standard InChI is InChI=1S/C21H25N3O3/c1-15(25)23(2)18-9-7-17(8-10-18)22-21(26)14-24-12-11-20(24)16-5-4-6-19(13-16)27-3/h4-10,13,20H,11-12,14H2,1-3H3,(H,22,26)/t20-/m1/s1. The van der Waals surface area contributed by atoms with Crippen LogP contribution in [0.4, 0.5) is 11.4 Å². The first-order valence-corrected chi connectivity index (χ1v) is 9.00. The van der Waals surface area contributed by atoms with Crippen LogP contribution in [-0.4, -0.2) is 44.0 Å². The Kier molecular flexibility index (Phi) is 5.76. The zero-order chi connectivity index (χ0) is 19.4. The van der Waals surface area contributed by atoms with Gasteiger partial charge in [0.25, 0.3) is 0 Å². The Labute approximate surface area is 159 Å². The maximum atomic E-state index is 12.4. The molecule has 0 spiro atoms. The van der Waals surface area contributed by atoms with Gasteiger partial charge in [-0.25, -0.2) is 0 Å². The average Bonchev–Trinajstić information content (AvgIpc) is 2.65. The summed E-state index contributed by atoms with van der Waals surface area (Å²) in [4.78, 5) is 27.5. The lowest BCUT2D eigenvalue weighted by Gasteiger charge is -2.40. The highest BCUT2D eigenvalue weighted by Crippen LogP contribution is 2.34. The number of ether oxygens (including phenoxy) is 1. The molecule has 0 saturated carbocycles. The first kappa shape index (κ1) is 18.9. The Bertz CT molecular complexity index is 820. The smallest absolute Gasteiger partial charge is 0.238 e. The molecule has 0 aliphatic carbocycles. The molecule has 0 unspecified atom stereocenters. The van der Waals surface area contributed by atoms with Crippen LogP contribution in [0, 0.1) is 0 Å². The molecule has 1 aliphatic rings. The van der Waals surface area contributed by atoms with Gasteiger partial charge in [-0.05, 0) is 48.4 Å². The maximum absolute atomic E-state index is 12.4. The van der Waals surface area contributed by atoms with Crippen molar-refractivity contribution in [2.75, 3.05) is 37.5 Å². The highest BCUT2D eigenvalue weighted by Gasteiger charge is 2.30. The number of methoxy groups -OCH3 is 1. The third-order valence-corrected chi connectivity index (χ3v) is 4.97. The molecule has 1 atom stereocenters. The number of nitrogens with one attached hydrogen (secondary N) is 1. The first-order chi connectivity index (χ1) is 13.0. The summed E-state index contributed by atoms with van der Waals surface area (Å²) in [5.41, 5.74) is 2.69. The predicted molar refractivity (Wildman–Crippen MR) is 106 cm³/mol. The molecule has 6 nitrogen and oxygen atoms in total. The van der Waals surface area contributed by atoms with Crippen LogP contribution in [0.25, 0.3) is 0 Å². The second-order valence-corrected chi connectivity index (χ2v) is 6.72. The van der Waals surface area contributed by atoms with Crippen molar-refractivity contribution in [2.45, 2.75) is 19.4 Å². The molecule has 0 radical (unpaired) electrons. The minimum Gasteiger partial charge on any atom is -0.497 e. The predicted octanol–water partition coefficient (Wildman–Crippen LogP) is 3.06. The number of benzene rings is 2.